The van der Waals surface area contributed by atoms with Gasteiger partial charge in [0.2, 0.25) is 0 Å². The molecule has 2 aromatic rings. The minimum atomic E-state index is 0. The van der Waals surface area contributed by atoms with E-state index in [1.165, 1.54) is 22.3 Å². The number of rotatable bonds is 2. The molecule has 3 rings (SSSR count). The zero-order valence-electron chi connectivity index (χ0n) is 14.5. The maximum atomic E-state index is 6.19. The zero-order chi connectivity index (χ0) is 16.0. The van der Waals surface area contributed by atoms with Crippen LogP contribution in [-0.2, 0) is 0 Å². The second-order valence-electron chi connectivity index (χ2n) is 6.76. The van der Waals surface area contributed by atoms with Crippen LogP contribution in [-0.4, -0.2) is 6.10 Å². The molecule has 2 unspecified atom stereocenters. The highest BCUT2D eigenvalue weighted by Crippen LogP contribution is 2.46. The van der Waals surface area contributed by atoms with Crippen LogP contribution >= 0.6 is 12.4 Å². The molecule has 0 spiro atoms. The summed E-state index contributed by atoms with van der Waals surface area (Å²) in [4.78, 5) is 0. The molecule has 0 radical (unpaired) electrons. The fraction of sp³-hybridized carbons (Fsp3) is 0.400. The first-order valence-electron chi connectivity index (χ1n) is 8.06. The number of nitrogen functional groups attached to an aromatic ring is 1. The van der Waals surface area contributed by atoms with Gasteiger partial charge in [-0.2, -0.15) is 0 Å². The van der Waals surface area contributed by atoms with Crippen LogP contribution in [0.5, 0.6) is 5.75 Å². The van der Waals surface area contributed by atoms with Crippen molar-refractivity contribution in [3.05, 3.63) is 58.1 Å². The summed E-state index contributed by atoms with van der Waals surface area (Å²) in [6.07, 6.45) is 0.139. The van der Waals surface area contributed by atoms with Crippen LogP contribution in [0.1, 0.15) is 60.4 Å². The van der Waals surface area contributed by atoms with E-state index in [2.05, 4.69) is 65.0 Å². The summed E-state index contributed by atoms with van der Waals surface area (Å²) < 4.78 is 6.16. The van der Waals surface area contributed by atoms with Gasteiger partial charge in [-0.25, -0.2) is 0 Å². The van der Waals surface area contributed by atoms with E-state index < -0.39 is 0 Å². The summed E-state index contributed by atoms with van der Waals surface area (Å²) >= 11 is 0. The molecule has 0 fully saturated rings. The van der Waals surface area contributed by atoms with Gasteiger partial charge >= 0.3 is 0 Å². The molecule has 1 aliphatic rings. The molecule has 0 bridgehead atoms. The zero-order valence-corrected chi connectivity index (χ0v) is 15.3. The van der Waals surface area contributed by atoms with E-state index >= 15 is 0 Å². The second kappa shape index (κ2) is 6.45. The lowest BCUT2D eigenvalue weighted by atomic mass is 9.86. The SMILES string of the molecule is Cc1c(N)cc2c(c1C)OC(C)C2c1ccc(C(C)C)cc1.Cl. The van der Waals surface area contributed by atoms with Crippen molar-refractivity contribution in [2.45, 2.75) is 52.6 Å². The Morgan fingerprint density at radius 3 is 2.22 bits per heavy atom. The van der Waals surface area contributed by atoms with Gasteiger partial charge in [0.25, 0.3) is 0 Å². The van der Waals surface area contributed by atoms with Crippen molar-refractivity contribution in [3.63, 3.8) is 0 Å². The third-order valence-electron chi connectivity index (χ3n) is 4.98. The maximum Gasteiger partial charge on any atom is 0.127 e. The summed E-state index contributed by atoms with van der Waals surface area (Å²) in [5.74, 6) is 1.84. The summed E-state index contributed by atoms with van der Waals surface area (Å²) in [5, 5.41) is 0. The highest BCUT2D eigenvalue weighted by atomic mass is 35.5. The van der Waals surface area contributed by atoms with Gasteiger partial charge in [-0.3, -0.25) is 0 Å². The monoisotopic (exact) mass is 331 g/mol. The average molecular weight is 332 g/mol. The number of halogens is 1. The van der Waals surface area contributed by atoms with Gasteiger partial charge in [-0.1, -0.05) is 38.1 Å². The molecule has 1 heterocycles. The summed E-state index contributed by atoms with van der Waals surface area (Å²) in [6.45, 7) is 10.7. The average Bonchev–Trinajstić information content (AvgIpc) is 2.81. The Kier molecular flexibility index (Phi) is 4.95. The molecule has 1 aliphatic heterocycles. The fourth-order valence-corrected chi connectivity index (χ4v) is 3.38. The van der Waals surface area contributed by atoms with Crippen molar-refractivity contribution in [2.75, 3.05) is 5.73 Å². The molecule has 2 aromatic carbocycles. The highest BCUT2D eigenvalue weighted by molar-refractivity contribution is 5.85. The van der Waals surface area contributed by atoms with E-state index in [1.807, 2.05) is 0 Å². The van der Waals surface area contributed by atoms with E-state index in [0.717, 1.165) is 17.0 Å². The summed E-state index contributed by atoms with van der Waals surface area (Å²) in [7, 11) is 0. The molecular weight excluding hydrogens is 306 g/mol. The standard InChI is InChI=1S/C20H25NO.ClH/c1-11(2)15-6-8-16(9-7-15)19-14(5)22-20-13(4)12(3)18(21)10-17(19)20;/h6-11,14,19H,21H2,1-5H3;1H. The molecule has 23 heavy (non-hydrogen) atoms. The van der Waals surface area contributed by atoms with Crippen molar-refractivity contribution in [1.82, 2.24) is 0 Å². The highest BCUT2D eigenvalue weighted by Gasteiger charge is 2.34. The van der Waals surface area contributed by atoms with Crippen molar-refractivity contribution < 1.29 is 4.74 Å². The third-order valence-corrected chi connectivity index (χ3v) is 4.98. The lowest BCUT2D eigenvalue weighted by molar-refractivity contribution is 0.237. The molecule has 124 valence electrons. The quantitative estimate of drug-likeness (QED) is 0.753. The predicted molar refractivity (Wildman–Crippen MR) is 100 cm³/mol. The number of nitrogens with two attached hydrogens (primary N) is 1. The minimum absolute atomic E-state index is 0. The van der Waals surface area contributed by atoms with Gasteiger partial charge < -0.3 is 10.5 Å². The van der Waals surface area contributed by atoms with Gasteiger partial charge in [-0.05, 0) is 55.0 Å². The smallest absolute Gasteiger partial charge is 0.127 e. The molecule has 0 saturated carbocycles. The van der Waals surface area contributed by atoms with E-state index in [1.54, 1.807) is 0 Å². The number of fused-ring (bicyclic) bond motifs is 1. The van der Waals surface area contributed by atoms with Crippen LogP contribution < -0.4 is 10.5 Å². The van der Waals surface area contributed by atoms with Crippen LogP contribution in [0.25, 0.3) is 0 Å². The Hall–Kier alpha value is -1.67. The molecule has 0 aromatic heterocycles. The van der Waals surface area contributed by atoms with Crippen LogP contribution in [0.15, 0.2) is 30.3 Å². The van der Waals surface area contributed by atoms with E-state index in [-0.39, 0.29) is 24.4 Å². The fourth-order valence-electron chi connectivity index (χ4n) is 3.38. The normalized spacial score (nSPS) is 19.2. The molecule has 2 N–H and O–H groups in total. The molecule has 0 saturated heterocycles. The Labute approximate surface area is 145 Å². The Morgan fingerprint density at radius 2 is 1.65 bits per heavy atom. The van der Waals surface area contributed by atoms with Crippen LogP contribution in [0.4, 0.5) is 5.69 Å². The first-order chi connectivity index (χ1) is 10.4. The molecular formula is C20H26ClNO. The molecule has 0 amide bonds. The van der Waals surface area contributed by atoms with E-state index in [4.69, 9.17) is 10.5 Å². The second-order valence-corrected chi connectivity index (χ2v) is 6.76. The first-order valence-corrected chi connectivity index (χ1v) is 8.06. The van der Waals surface area contributed by atoms with Gasteiger partial charge in [-0.15, -0.1) is 12.4 Å². The minimum Gasteiger partial charge on any atom is -0.489 e. The largest absolute Gasteiger partial charge is 0.489 e. The van der Waals surface area contributed by atoms with Crippen LogP contribution in [0, 0.1) is 13.8 Å². The molecule has 2 atom stereocenters. The molecule has 3 heteroatoms. The van der Waals surface area contributed by atoms with Gasteiger partial charge in [0.05, 0.1) is 0 Å². The number of ether oxygens (including phenoxy) is 1. The van der Waals surface area contributed by atoms with Crippen molar-refractivity contribution in [3.8, 4) is 5.75 Å². The maximum absolute atomic E-state index is 6.19. The van der Waals surface area contributed by atoms with Crippen LogP contribution in [0.2, 0.25) is 0 Å². The molecule has 0 aliphatic carbocycles. The topological polar surface area (TPSA) is 35.2 Å². The Morgan fingerprint density at radius 1 is 1.04 bits per heavy atom. The van der Waals surface area contributed by atoms with Crippen molar-refractivity contribution in [2.24, 2.45) is 0 Å². The number of hydrogen-bond donors (Lipinski definition) is 1. The van der Waals surface area contributed by atoms with Gasteiger partial charge in [0.15, 0.2) is 0 Å². The van der Waals surface area contributed by atoms with Crippen LogP contribution in [0.3, 0.4) is 0 Å². The first kappa shape index (κ1) is 17.7. The van der Waals surface area contributed by atoms with Gasteiger partial charge in [0, 0.05) is 17.2 Å². The number of hydrogen-bond acceptors (Lipinski definition) is 2. The lowest BCUT2D eigenvalue weighted by Crippen LogP contribution is -2.15. The lowest BCUT2D eigenvalue weighted by Gasteiger charge is -2.17. The van der Waals surface area contributed by atoms with E-state index in [0.29, 0.717) is 5.92 Å². The Bertz CT molecular complexity index is 707. The summed E-state index contributed by atoms with van der Waals surface area (Å²) in [6, 6.07) is 11.0. The van der Waals surface area contributed by atoms with E-state index in [9.17, 15) is 0 Å². The van der Waals surface area contributed by atoms with Crippen molar-refractivity contribution >= 4 is 18.1 Å². The number of anilines is 1. The third kappa shape index (κ3) is 2.92. The van der Waals surface area contributed by atoms with Crippen molar-refractivity contribution in [1.29, 1.82) is 0 Å². The Balaban J connectivity index is 0.00000192. The van der Waals surface area contributed by atoms with Gasteiger partial charge in [0.1, 0.15) is 11.9 Å². The summed E-state index contributed by atoms with van der Waals surface area (Å²) in [5.41, 5.74) is 13.2. The molecule has 2 nitrogen and oxygen atoms in total. The predicted octanol–water partition coefficient (Wildman–Crippen LogP) is 5.34. The number of benzene rings is 2.